The molecule has 120 valence electrons. The third-order valence-corrected chi connectivity index (χ3v) is 4.74. The van der Waals surface area contributed by atoms with Gasteiger partial charge in [0, 0.05) is 6.20 Å². The number of pyridine rings is 1. The summed E-state index contributed by atoms with van der Waals surface area (Å²) >= 11 is 11.6. The summed E-state index contributed by atoms with van der Waals surface area (Å²) in [7, 11) is -4.34. The molecule has 0 amide bonds. The molecule has 1 aromatic carbocycles. The lowest BCUT2D eigenvalue weighted by Crippen LogP contribution is -2.17. The molecule has 0 saturated heterocycles. The molecular weight excluding hydrogens is 365 g/mol. The molecule has 0 fully saturated rings. The number of amidine groups is 1. The van der Waals surface area contributed by atoms with Crippen LogP contribution in [0.5, 0.6) is 0 Å². The van der Waals surface area contributed by atoms with Gasteiger partial charge in [-0.3, -0.25) is 4.98 Å². The number of aromatic nitrogens is 1. The monoisotopic (exact) mass is 373 g/mol. The summed E-state index contributed by atoms with van der Waals surface area (Å²) in [5.41, 5.74) is 5.36. The number of aromatic carboxylic acids is 1. The van der Waals surface area contributed by atoms with Gasteiger partial charge in [-0.15, -0.1) is 4.40 Å². The van der Waals surface area contributed by atoms with Gasteiger partial charge in [0.1, 0.15) is 10.6 Å². The van der Waals surface area contributed by atoms with Crippen molar-refractivity contribution in [2.75, 3.05) is 0 Å². The van der Waals surface area contributed by atoms with Crippen molar-refractivity contribution in [3.05, 3.63) is 57.8 Å². The fourth-order valence-electron chi connectivity index (χ4n) is 1.63. The van der Waals surface area contributed by atoms with Crippen LogP contribution in [0.1, 0.15) is 16.1 Å². The maximum atomic E-state index is 12.3. The Kier molecular flexibility index (Phi) is 4.88. The number of nitrogens with zero attached hydrogens (tertiary/aromatic N) is 2. The lowest BCUT2D eigenvalue weighted by molar-refractivity contribution is 0.0697. The zero-order chi connectivity index (χ0) is 17.2. The van der Waals surface area contributed by atoms with Crippen LogP contribution in [-0.2, 0) is 10.0 Å². The van der Waals surface area contributed by atoms with Crippen LogP contribution >= 0.6 is 23.2 Å². The SMILES string of the molecule is N/C(=N\S(=O)(=O)c1cc(C(=O)O)c(Cl)cc1Cl)c1ccccn1. The molecule has 10 heteroatoms. The zero-order valence-electron chi connectivity index (χ0n) is 11.3. The molecule has 0 atom stereocenters. The summed E-state index contributed by atoms with van der Waals surface area (Å²) in [6, 6.07) is 6.56. The number of hydrogen-bond donors (Lipinski definition) is 2. The number of sulfonamides is 1. The Hall–Kier alpha value is -2.16. The standard InChI is InChI=1S/C13H9Cl2N3O4S/c14-8-6-9(15)11(5-7(8)13(19)20)23(21,22)18-12(16)10-3-1-2-4-17-10/h1-6H,(H2,16,18)(H,19,20). The summed E-state index contributed by atoms with van der Waals surface area (Å²) in [4.78, 5) is 14.4. The van der Waals surface area contributed by atoms with Gasteiger partial charge in [0.2, 0.25) is 0 Å². The Bertz CT molecular complexity index is 899. The predicted molar refractivity (Wildman–Crippen MR) is 85.6 cm³/mol. The van der Waals surface area contributed by atoms with Crippen LogP contribution in [-0.4, -0.2) is 30.3 Å². The average molecular weight is 374 g/mol. The molecule has 0 saturated carbocycles. The van der Waals surface area contributed by atoms with Crippen LogP contribution in [0.2, 0.25) is 10.0 Å². The first-order valence-electron chi connectivity index (χ1n) is 5.96. The van der Waals surface area contributed by atoms with E-state index in [2.05, 4.69) is 9.38 Å². The molecule has 0 unspecified atom stereocenters. The first-order valence-corrected chi connectivity index (χ1v) is 8.16. The van der Waals surface area contributed by atoms with Crippen molar-refractivity contribution in [1.29, 1.82) is 0 Å². The van der Waals surface area contributed by atoms with Gasteiger partial charge >= 0.3 is 5.97 Å². The fourth-order valence-corrected chi connectivity index (χ4v) is 3.41. The van der Waals surface area contributed by atoms with E-state index in [0.29, 0.717) is 0 Å². The smallest absolute Gasteiger partial charge is 0.337 e. The molecule has 0 radical (unpaired) electrons. The summed E-state index contributed by atoms with van der Waals surface area (Å²) in [6.07, 6.45) is 1.42. The van der Waals surface area contributed by atoms with Crippen LogP contribution < -0.4 is 5.73 Å². The van der Waals surface area contributed by atoms with Gasteiger partial charge in [-0.2, -0.15) is 8.42 Å². The van der Waals surface area contributed by atoms with E-state index >= 15 is 0 Å². The molecule has 0 bridgehead atoms. The van der Waals surface area contributed by atoms with Crippen LogP contribution in [0.4, 0.5) is 0 Å². The second-order valence-electron chi connectivity index (χ2n) is 4.23. The number of halogens is 2. The van der Waals surface area contributed by atoms with E-state index in [1.807, 2.05) is 0 Å². The highest BCUT2D eigenvalue weighted by atomic mass is 35.5. The molecule has 23 heavy (non-hydrogen) atoms. The van der Waals surface area contributed by atoms with E-state index in [1.165, 1.54) is 12.3 Å². The summed E-state index contributed by atoms with van der Waals surface area (Å²) < 4.78 is 28.0. The fraction of sp³-hybridized carbons (Fsp3) is 0. The number of carboxylic acid groups (broad SMARTS) is 1. The minimum atomic E-state index is -4.34. The third kappa shape index (κ3) is 3.79. The largest absolute Gasteiger partial charge is 0.478 e. The van der Waals surface area contributed by atoms with E-state index in [0.717, 1.165) is 12.1 Å². The third-order valence-electron chi connectivity index (χ3n) is 2.68. The summed E-state index contributed by atoms with van der Waals surface area (Å²) in [5.74, 6) is -1.75. The zero-order valence-corrected chi connectivity index (χ0v) is 13.6. The predicted octanol–water partition coefficient (Wildman–Crippen LogP) is 2.18. The number of benzene rings is 1. The van der Waals surface area contributed by atoms with Crippen molar-refractivity contribution >= 4 is 45.0 Å². The highest BCUT2D eigenvalue weighted by Crippen LogP contribution is 2.30. The molecule has 2 rings (SSSR count). The highest BCUT2D eigenvalue weighted by Gasteiger charge is 2.22. The van der Waals surface area contributed by atoms with E-state index in [1.54, 1.807) is 12.1 Å². The maximum absolute atomic E-state index is 12.3. The molecule has 0 aliphatic carbocycles. The normalized spacial score (nSPS) is 12.2. The number of hydrogen-bond acceptors (Lipinski definition) is 4. The molecule has 1 aromatic heterocycles. The first kappa shape index (κ1) is 17.2. The lowest BCUT2D eigenvalue weighted by Gasteiger charge is -2.06. The Balaban J connectivity index is 2.56. The first-order chi connectivity index (χ1) is 10.7. The molecular formula is C13H9Cl2N3O4S. The van der Waals surface area contributed by atoms with Crippen molar-refractivity contribution in [3.8, 4) is 0 Å². The molecule has 7 nitrogen and oxygen atoms in total. The van der Waals surface area contributed by atoms with Crippen LogP contribution in [0.3, 0.4) is 0 Å². The van der Waals surface area contributed by atoms with Gasteiger partial charge in [0.25, 0.3) is 10.0 Å². The molecule has 0 aliphatic rings. The highest BCUT2D eigenvalue weighted by molar-refractivity contribution is 7.90. The summed E-state index contributed by atoms with van der Waals surface area (Å²) in [5, 5.41) is 8.56. The number of rotatable bonds is 4. The van der Waals surface area contributed by atoms with Crippen LogP contribution in [0.25, 0.3) is 0 Å². The maximum Gasteiger partial charge on any atom is 0.337 e. The van der Waals surface area contributed by atoms with E-state index in [-0.39, 0.29) is 21.6 Å². The summed E-state index contributed by atoms with van der Waals surface area (Å²) in [6.45, 7) is 0. The quantitative estimate of drug-likeness (QED) is 0.625. The van der Waals surface area contributed by atoms with Gasteiger partial charge in [-0.25, -0.2) is 4.79 Å². The van der Waals surface area contributed by atoms with Crippen molar-refractivity contribution < 1.29 is 18.3 Å². The van der Waals surface area contributed by atoms with Gasteiger partial charge in [0.05, 0.1) is 15.6 Å². The molecule has 2 aromatic rings. The minimum Gasteiger partial charge on any atom is -0.478 e. The van der Waals surface area contributed by atoms with Gasteiger partial charge < -0.3 is 10.8 Å². The molecule has 1 heterocycles. The Morgan fingerprint density at radius 3 is 2.48 bits per heavy atom. The van der Waals surface area contributed by atoms with Crippen LogP contribution in [0.15, 0.2) is 45.8 Å². The van der Waals surface area contributed by atoms with E-state index in [4.69, 9.17) is 34.0 Å². The Morgan fingerprint density at radius 1 is 1.22 bits per heavy atom. The Morgan fingerprint density at radius 2 is 1.91 bits per heavy atom. The molecule has 0 spiro atoms. The van der Waals surface area contributed by atoms with Gasteiger partial charge in [-0.05, 0) is 24.3 Å². The minimum absolute atomic E-state index is 0.152. The number of carboxylic acids is 1. The van der Waals surface area contributed by atoms with Crippen molar-refractivity contribution in [1.82, 2.24) is 4.98 Å². The van der Waals surface area contributed by atoms with Crippen LogP contribution in [0, 0.1) is 0 Å². The van der Waals surface area contributed by atoms with Crippen molar-refractivity contribution in [3.63, 3.8) is 0 Å². The lowest BCUT2D eigenvalue weighted by atomic mass is 10.2. The van der Waals surface area contributed by atoms with Crippen molar-refractivity contribution in [2.24, 2.45) is 10.1 Å². The number of nitrogens with two attached hydrogens (primary N) is 1. The van der Waals surface area contributed by atoms with E-state index < -0.39 is 26.5 Å². The van der Waals surface area contributed by atoms with Crippen molar-refractivity contribution in [2.45, 2.75) is 4.90 Å². The van der Waals surface area contributed by atoms with E-state index in [9.17, 15) is 13.2 Å². The number of carbonyl (C=O) groups is 1. The van der Waals surface area contributed by atoms with Gasteiger partial charge in [-0.1, -0.05) is 29.3 Å². The second kappa shape index (κ2) is 6.53. The van der Waals surface area contributed by atoms with Gasteiger partial charge in [0.15, 0.2) is 5.84 Å². The second-order valence-corrected chi connectivity index (χ2v) is 6.62. The average Bonchev–Trinajstić information content (AvgIpc) is 2.46. The Labute approximate surface area is 141 Å². The molecule has 3 N–H and O–H groups in total. The topological polar surface area (TPSA) is 123 Å². The molecule has 0 aliphatic heterocycles.